The maximum Gasteiger partial charge on any atom is 0.126 e. The van der Waals surface area contributed by atoms with E-state index in [0.29, 0.717) is 12.8 Å². The summed E-state index contributed by atoms with van der Waals surface area (Å²) in [6.07, 6.45) is -0.973. The number of nitrogens with zero attached hydrogens (tertiary/aromatic N) is 2. The average Bonchev–Trinajstić information content (AvgIpc) is 1.21. The molecule has 3 aromatic carbocycles. The first-order valence-corrected chi connectivity index (χ1v) is 34.2. The van der Waals surface area contributed by atoms with Crippen LogP contribution < -0.4 is 15.9 Å². The summed E-state index contributed by atoms with van der Waals surface area (Å²) >= 11 is 8.32. The van der Waals surface area contributed by atoms with E-state index in [1.54, 1.807) is 53.4 Å². The molecule has 3 saturated heterocycles. The maximum absolute atomic E-state index is 14.7. The van der Waals surface area contributed by atoms with Crippen LogP contribution in [-0.4, -0.2) is 171 Å². The SMILES string of the molecule is CC[C@H]1OC(=O)[C@@H](C)[C@@H](O[C@H]2C[C@@](C)(OC)[C@@H](O)[C@H](C)O2)[C@H](C)[C@@H](O[C@@H]2O[C@H](C)C[C@H](N(C)C)[C@H]2O)[C@](C)(O)C[C@@H](C)CN(C(=O)CCCCCCCCCCP(Cl)(c2ccccc2)(c2ccccc2)c2ccccc2)[C@H](C)[C@@H](O)[C@]1(C)O. The second-order valence-electron chi connectivity index (χ2n) is 25.8. The number of carbonyl (C=O) groups is 2. The van der Waals surface area contributed by atoms with Gasteiger partial charge < -0.3 is 58.9 Å². The van der Waals surface area contributed by atoms with Crippen LogP contribution in [0.1, 0.15) is 153 Å². The van der Waals surface area contributed by atoms with E-state index in [1.165, 1.54) is 29.9 Å². The van der Waals surface area contributed by atoms with E-state index >= 15 is 0 Å². The Morgan fingerprint density at radius 2 is 1.27 bits per heavy atom. The second-order valence-corrected chi connectivity index (χ2v) is 32.4. The fourth-order valence-corrected chi connectivity index (χ4v) is 20.0. The maximum atomic E-state index is 14.7. The molecule has 83 heavy (non-hydrogen) atoms. The van der Waals surface area contributed by atoms with E-state index in [1.807, 2.05) is 51.0 Å². The van der Waals surface area contributed by atoms with Crippen molar-refractivity contribution in [1.82, 2.24) is 9.80 Å². The quantitative estimate of drug-likeness (QED) is 0.0385. The fraction of sp³-hybridized carbons (Fsp3) is 0.697. The molecule has 15 nitrogen and oxygen atoms in total. The molecule has 3 aromatic rings. The van der Waals surface area contributed by atoms with E-state index < -0.39 is 108 Å². The number of esters is 1. The number of ether oxygens (including phenoxy) is 6. The number of amides is 1. The van der Waals surface area contributed by atoms with E-state index in [0.717, 1.165) is 51.1 Å². The van der Waals surface area contributed by atoms with Crippen LogP contribution in [0.3, 0.4) is 0 Å². The van der Waals surface area contributed by atoms with Crippen molar-refractivity contribution >= 4 is 45.0 Å². The molecule has 18 atom stereocenters. The van der Waals surface area contributed by atoms with Crippen LogP contribution in [-0.2, 0) is 38.0 Å². The summed E-state index contributed by atoms with van der Waals surface area (Å²) in [5.74, 6) is -6.64. The van der Waals surface area contributed by atoms with Gasteiger partial charge in [0.2, 0.25) is 0 Å². The van der Waals surface area contributed by atoms with Crippen LogP contribution >= 0.6 is 17.2 Å². The monoisotopic (exact) mass is 1200 g/mol. The molecule has 3 aliphatic heterocycles. The topological polar surface area (TPSA) is 197 Å². The van der Waals surface area contributed by atoms with Gasteiger partial charge in [0.25, 0.3) is 0 Å². The summed E-state index contributed by atoms with van der Waals surface area (Å²) in [5.41, 5.74) is -4.82. The zero-order valence-corrected chi connectivity index (χ0v) is 53.8. The molecule has 5 N–H and O–H groups in total. The number of aliphatic hydroxyl groups excluding tert-OH is 3. The summed E-state index contributed by atoms with van der Waals surface area (Å²) in [6.45, 7) is 17.4. The first kappa shape index (κ1) is 69.0. The van der Waals surface area contributed by atoms with Gasteiger partial charge in [0.15, 0.2) is 12.6 Å². The van der Waals surface area contributed by atoms with Gasteiger partial charge in [0, 0.05) is 32.0 Å². The van der Waals surface area contributed by atoms with Gasteiger partial charge in [-0.25, -0.2) is 0 Å². The zero-order chi connectivity index (χ0) is 61.1. The molecule has 1 amide bonds. The van der Waals surface area contributed by atoms with Gasteiger partial charge in [0.05, 0.1) is 47.6 Å². The van der Waals surface area contributed by atoms with Crippen molar-refractivity contribution in [2.24, 2.45) is 17.8 Å². The molecular weight excluding hydrogens is 1100 g/mol. The van der Waals surface area contributed by atoms with Crippen LogP contribution in [0.5, 0.6) is 0 Å². The van der Waals surface area contributed by atoms with Gasteiger partial charge in [-0.3, -0.25) is 4.79 Å². The van der Waals surface area contributed by atoms with Gasteiger partial charge in [0.1, 0.15) is 30.0 Å². The zero-order valence-electron chi connectivity index (χ0n) is 52.1. The van der Waals surface area contributed by atoms with E-state index in [4.69, 9.17) is 39.7 Å². The summed E-state index contributed by atoms with van der Waals surface area (Å²) in [5, 5.41) is 64.1. The Kier molecular flexibility index (Phi) is 24.7. The predicted molar refractivity (Wildman–Crippen MR) is 331 cm³/mol. The smallest absolute Gasteiger partial charge is 0.126 e. The molecular formula is C66H104ClN2O13P. The van der Waals surface area contributed by atoms with E-state index in [-0.39, 0.29) is 50.3 Å². The van der Waals surface area contributed by atoms with Crippen molar-refractivity contribution in [3.05, 3.63) is 91.0 Å². The Balaban J connectivity index is 1.18. The largest absolute Gasteiger partial charge is 0.388 e. The standard InChI is InChI=1S/C66H104ClN2O13P/c1-14-54-66(10,76)59(72)48(6)69(55(70)38-30-19-17-15-16-18-20-31-39-83(67,50-32-24-21-25-33-50,51-34-26-22-27-35-51)52-36-28-23-29-37-52)43-44(2)41-64(8,75)61(82-63-57(71)53(68(11)12)40-45(3)78-63)46(4)58(47(5)62(74)80-54)81-56-42-65(9,77-13)60(73)49(7)79-56/h21-29,32-37,44-49,53-54,56-61,63,71-73,75-76H,14-20,30-31,38-43H2,1-13H3/t44-,45-,46+,47+,48-,49+,53+,54-,56+,57-,58+,59-,60+,61-,63+,64-,65-,66-/m1/s1. The van der Waals surface area contributed by atoms with Crippen LogP contribution in [0, 0.1) is 17.8 Å². The number of aliphatic hydroxyl groups is 5. The third-order valence-corrected chi connectivity index (χ3v) is 26.4. The van der Waals surface area contributed by atoms with Crippen LogP contribution in [0.15, 0.2) is 91.0 Å². The van der Waals surface area contributed by atoms with Gasteiger partial charge in [-0.15, -0.1) is 0 Å². The third-order valence-electron chi connectivity index (χ3n) is 18.8. The van der Waals surface area contributed by atoms with Gasteiger partial charge in [-0.2, -0.15) is 0 Å². The number of carbonyl (C=O) groups excluding carboxylic acids is 2. The number of benzene rings is 3. The number of hydrogen-bond donors (Lipinski definition) is 5. The third kappa shape index (κ3) is 16.0. The Hall–Kier alpha value is -3.12. The Labute approximate surface area is 501 Å². The summed E-state index contributed by atoms with van der Waals surface area (Å²) < 4.78 is 38.3. The molecule has 3 heterocycles. The number of unbranched alkanes of at least 4 members (excludes halogenated alkanes) is 7. The number of cyclic esters (lactones) is 1. The number of methoxy groups -OCH3 is 1. The van der Waals surface area contributed by atoms with Gasteiger partial charge in [-0.1, -0.05) is 20.8 Å². The van der Waals surface area contributed by atoms with Crippen molar-refractivity contribution in [3.63, 3.8) is 0 Å². The molecule has 3 aliphatic rings. The minimum absolute atomic E-state index is 0.0630. The Morgan fingerprint density at radius 3 is 1.77 bits per heavy atom. The molecule has 0 saturated carbocycles. The number of rotatable bonds is 21. The molecule has 17 heteroatoms. The van der Waals surface area contributed by atoms with Crippen LogP contribution in [0.2, 0.25) is 0 Å². The second kappa shape index (κ2) is 29.7. The number of halogens is 1. The Morgan fingerprint density at radius 1 is 0.747 bits per heavy atom. The minimum atomic E-state index is -3.32. The molecule has 468 valence electrons. The van der Waals surface area contributed by atoms with Gasteiger partial charge >= 0.3 is 210 Å². The van der Waals surface area contributed by atoms with Gasteiger partial charge in [-0.05, 0) is 87.7 Å². The molecule has 3 fully saturated rings. The van der Waals surface area contributed by atoms with Crippen molar-refractivity contribution < 1.29 is 63.5 Å². The number of likely N-dealkylation sites (N-methyl/N-ethyl adjacent to an activating group) is 1. The van der Waals surface area contributed by atoms with Crippen molar-refractivity contribution in [2.45, 2.75) is 243 Å². The molecule has 0 radical (unpaired) electrons. The average molecular weight is 1200 g/mol. The van der Waals surface area contributed by atoms with Crippen molar-refractivity contribution in [1.29, 1.82) is 0 Å². The van der Waals surface area contributed by atoms with Crippen molar-refractivity contribution in [3.8, 4) is 0 Å². The number of hydrogen-bond acceptors (Lipinski definition) is 14. The summed E-state index contributed by atoms with van der Waals surface area (Å²) in [4.78, 5) is 32.9. The first-order valence-electron chi connectivity index (χ1n) is 30.9. The normalized spacial score (nSPS) is 35.9. The fourth-order valence-electron chi connectivity index (χ4n) is 13.8. The molecule has 0 unspecified atom stereocenters. The molecule has 6 rings (SSSR count). The summed E-state index contributed by atoms with van der Waals surface area (Å²) in [6, 6.07) is 30.5. The molecule has 0 aliphatic carbocycles. The van der Waals surface area contributed by atoms with Crippen LogP contribution in [0.4, 0.5) is 0 Å². The first-order chi connectivity index (χ1) is 39.1. The van der Waals surface area contributed by atoms with E-state index in [2.05, 4.69) is 72.8 Å². The Bertz CT molecular complexity index is 2360. The predicted octanol–water partition coefficient (Wildman–Crippen LogP) is 8.99. The summed E-state index contributed by atoms with van der Waals surface area (Å²) in [7, 11) is 5.26. The minimum Gasteiger partial charge on any atom is -0.388 e. The van der Waals surface area contributed by atoms with Crippen LogP contribution in [0.25, 0.3) is 0 Å². The molecule has 0 bridgehead atoms. The van der Waals surface area contributed by atoms with E-state index in [9.17, 15) is 35.1 Å². The van der Waals surface area contributed by atoms with Crippen molar-refractivity contribution in [2.75, 3.05) is 33.9 Å². The molecule has 0 spiro atoms. The molecule has 0 aromatic heterocycles.